The summed E-state index contributed by atoms with van der Waals surface area (Å²) >= 11 is 10.6. The van der Waals surface area contributed by atoms with Gasteiger partial charge in [-0.25, -0.2) is 0 Å². The molecule has 0 aromatic heterocycles. The summed E-state index contributed by atoms with van der Waals surface area (Å²) in [6, 6.07) is 0. The fourth-order valence-corrected chi connectivity index (χ4v) is 0.498. The van der Waals surface area contributed by atoms with E-state index in [0.717, 1.165) is 0 Å². The molecule has 0 heterocycles. The molecule has 0 amide bonds. The quantitative estimate of drug-likeness (QED) is 0.660. The largest absolute Gasteiger partial charge is 0.396 e. The Bertz CT molecular complexity index is 99.9. The molecule has 0 aromatic carbocycles. The Balaban J connectivity index is 2.98. The number of aliphatic hydroxyl groups is 1. The molecular weight excluding hydrogens is 175 g/mol. The van der Waals surface area contributed by atoms with Crippen molar-refractivity contribution in [1.29, 1.82) is 0 Å². The fraction of sp³-hybridized carbons (Fsp3) is 0.667. The van der Waals surface area contributed by atoms with Gasteiger partial charge < -0.3 is 9.84 Å². The van der Waals surface area contributed by atoms with Crippen LogP contribution in [0.25, 0.3) is 0 Å². The van der Waals surface area contributed by atoms with Crippen molar-refractivity contribution >= 4 is 23.2 Å². The van der Waals surface area contributed by atoms with Gasteiger partial charge >= 0.3 is 0 Å². The van der Waals surface area contributed by atoms with E-state index < -0.39 is 0 Å². The van der Waals surface area contributed by atoms with E-state index in [1.54, 1.807) is 6.08 Å². The highest BCUT2D eigenvalue weighted by molar-refractivity contribution is 6.55. The van der Waals surface area contributed by atoms with Gasteiger partial charge in [-0.15, -0.1) is 0 Å². The first-order valence-corrected chi connectivity index (χ1v) is 3.72. The fourth-order valence-electron chi connectivity index (χ4n) is 0.372. The normalized spacial score (nSPS) is 9.50. The van der Waals surface area contributed by atoms with Crippen molar-refractivity contribution < 1.29 is 9.84 Å². The Morgan fingerprint density at radius 1 is 1.50 bits per heavy atom. The first-order chi connectivity index (χ1) is 4.77. The lowest BCUT2D eigenvalue weighted by molar-refractivity contribution is 0.139. The molecule has 4 heteroatoms. The van der Waals surface area contributed by atoms with E-state index in [1.165, 1.54) is 0 Å². The van der Waals surface area contributed by atoms with Crippen LogP contribution >= 0.6 is 23.2 Å². The zero-order valence-electron chi connectivity index (χ0n) is 5.52. The van der Waals surface area contributed by atoms with Crippen molar-refractivity contribution in [2.75, 3.05) is 19.8 Å². The highest BCUT2D eigenvalue weighted by Crippen LogP contribution is 2.04. The molecule has 0 saturated heterocycles. The standard InChI is InChI=1S/C6H10Cl2O2/c7-6(8)2-5-10-4-1-3-9/h2,9H,1,3-5H2. The SMILES string of the molecule is OCCCOCC=C(Cl)Cl. The van der Waals surface area contributed by atoms with Crippen molar-refractivity contribution in [1.82, 2.24) is 0 Å². The Morgan fingerprint density at radius 3 is 2.70 bits per heavy atom. The lowest BCUT2D eigenvalue weighted by Crippen LogP contribution is -1.96. The minimum absolute atomic E-state index is 0.151. The Morgan fingerprint density at radius 2 is 2.20 bits per heavy atom. The second-order valence-corrected chi connectivity index (χ2v) is 2.65. The second-order valence-electron chi connectivity index (χ2n) is 1.65. The van der Waals surface area contributed by atoms with Crippen molar-refractivity contribution in [3.63, 3.8) is 0 Å². The van der Waals surface area contributed by atoms with E-state index in [0.29, 0.717) is 19.6 Å². The van der Waals surface area contributed by atoms with Gasteiger partial charge in [-0.2, -0.15) is 0 Å². The molecule has 0 aliphatic carbocycles. The molecule has 0 aromatic rings. The van der Waals surface area contributed by atoms with Gasteiger partial charge in [0.15, 0.2) is 0 Å². The molecule has 0 fully saturated rings. The lowest BCUT2D eigenvalue weighted by Gasteiger charge is -1.96. The van der Waals surface area contributed by atoms with Gasteiger partial charge in [0.25, 0.3) is 0 Å². The van der Waals surface area contributed by atoms with Gasteiger partial charge in [0.2, 0.25) is 0 Å². The van der Waals surface area contributed by atoms with E-state index in [9.17, 15) is 0 Å². The Labute approximate surface area is 70.4 Å². The smallest absolute Gasteiger partial charge is 0.105 e. The van der Waals surface area contributed by atoms with E-state index >= 15 is 0 Å². The molecule has 0 aliphatic heterocycles. The number of hydrogen-bond acceptors (Lipinski definition) is 2. The van der Waals surface area contributed by atoms with Gasteiger partial charge in [-0.3, -0.25) is 0 Å². The number of aliphatic hydroxyl groups excluding tert-OH is 1. The highest BCUT2D eigenvalue weighted by atomic mass is 35.5. The molecule has 0 spiro atoms. The topological polar surface area (TPSA) is 29.5 Å². The molecule has 0 atom stereocenters. The van der Waals surface area contributed by atoms with Crippen LogP contribution in [0.1, 0.15) is 6.42 Å². The van der Waals surface area contributed by atoms with Gasteiger partial charge in [0.05, 0.1) is 6.61 Å². The minimum atomic E-state index is 0.151. The molecule has 10 heavy (non-hydrogen) atoms. The van der Waals surface area contributed by atoms with Gasteiger partial charge in [0.1, 0.15) is 4.49 Å². The average molecular weight is 185 g/mol. The minimum Gasteiger partial charge on any atom is -0.396 e. The van der Waals surface area contributed by atoms with Crippen molar-refractivity contribution in [3.05, 3.63) is 10.6 Å². The van der Waals surface area contributed by atoms with Crippen LogP contribution in [0.5, 0.6) is 0 Å². The third-order valence-electron chi connectivity index (χ3n) is 0.802. The van der Waals surface area contributed by atoms with Crippen LogP contribution in [0.4, 0.5) is 0 Å². The number of ether oxygens (including phenoxy) is 1. The molecule has 60 valence electrons. The average Bonchev–Trinajstić information content (AvgIpc) is 1.87. The van der Waals surface area contributed by atoms with Gasteiger partial charge in [0, 0.05) is 13.2 Å². The molecule has 0 aliphatic rings. The summed E-state index contributed by atoms with van der Waals surface area (Å²) in [5.74, 6) is 0. The van der Waals surface area contributed by atoms with E-state index in [2.05, 4.69) is 0 Å². The van der Waals surface area contributed by atoms with Crippen LogP contribution in [-0.4, -0.2) is 24.9 Å². The van der Waals surface area contributed by atoms with Crippen LogP contribution in [0.15, 0.2) is 10.6 Å². The van der Waals surface area contributed by atoms with Crippen molar-refractivity contribution in [2.45, 2.75) is 6.42 Å². The second kappa shape index (κ2) is 7.35. The lowest BCUT2D eigenvalue weighted by atomic mass is 10.5. The molecule has 0 bridgehead atoms. The summed E-state index contributed by atoms with van der Waals surface area (Å²) in [6.07, 6.45) is 2.20. The van der Waals surface area contributed by atoms with E-state index in [-0.39, 0.29) is 11.1 Å². The van der Waals surface area contributed by atoms with Crippen LogP contribution in [0.3, 0.4) is 0 Å². The number of hydrogen-bond donors (Lipinski definition) is 1. The maximum Gasteiger partial charge on any atom is 0.105 e. The third-order valence-corrected chi connectivity index (χ3v) is 1.11. The number of halogens is 2. The van der Waals surface area contributed by atoms with Crippen LogP contribution in [0.2, 0.25) is 0 Å². The summed E-state index contributed by atoms with van der Waals surface area (Å²) in [7, 11) is 0. The maximum absolute atomic E-state index is 8.33. The predicted octanol–water partition coefficient (Wildman–Crippen LogP) is 1.70. The zero-order chi connectivity index (χ0) is 7.82. The first-order valence-electron chi connectivity index (χ1n) is 2.97. The Kier molecular flexibility index (Phi) is 7.52. The maximum atomic E-state index is 8.33. The highest BCUT2D eigenvalue weighted by Gasteiger charge is 1.85. The van der Waals surface area contributed by atoms with Crippen molar-refractivity contribution in [2.24, 2.45) is 0 Å². The van der Waals surface area contributed by atoms with Gasteiger partial charge in [-0.05, 0) is 12.5 Å². The summed E-state index contributed by atoms with van der Waals surface area (Å²) in [5.41, 5.74) is 0. The Hall–Kier alpha value is 0.240. The van der Waals surface area contributed by atoms with Crippen LogP contribution < -0.4 is 0 Å². The van der Waals surface area contributed by atoms with Crippen LogP contribution in [-0.2, 0) is 4.74 Å². The monoisotopic (exact) mass is 184 g/mol. The predicted molar refractivity (Wildman–Crippen MR) is 42.3 cm³/mol. The summed E-state index contributed by atoms with van der Waals surface area (Å²) in [5, 5.41) is 8.33. The third kappa shape index (κ3) is 8.24. The molecule has 2 nitrogen and oxygen atoms in total. The molecule has 0 unspecified atom stereocenters. The summed E-state index contributed by atoms with van der Waals surface area (Å²) in [6.45, 7) is 1.09. The van der Waals surface area contributed by atoms with E-state index in [4.69, 9.17) is 33.0 Å². The molecule has 0 rings (SSSR count). The summed E-state index contributed by atoms with van der Waals surface area (Å²) < 4.78 is 5.19. The molecule has 0 saturated carbocycles. The van der Waals surface area contributed by atoms with Crippen molar-refractivity contribution in [3.8, 4) is 0 Å². The first kappa shape index (κ1) is 10.2. The van der Waals surface area contributed by atoms with Crippen LogP contribution in [0, 0.1) is 0 Å². The summed E-state index contributed by atoms with van der Waals surface area (Å²) in [4.78, 5) is 0. The van der Waals surface area contributed by atoms with E-state index in [1.807, 2.05) is 0 Å². The molecule has 0 radical (unpaired) electrons. The van der Waals surface area contributed by atoms with Gasteiger partial charge in [-0.1, -0.05) is 23.2 Å². The zero-order valence-corrected chi connectivity index (χ0v) is 7.03. The molecule has 1 N–H and O–H groups in total. The number of rotatable bonds is 5. The molecular formula is C6H10Cl2O2.